The number of carbonyl (C=O) groups excluding carboxylic acids is 2. The monoisotopic (exact) mass is 405 g/mol. The van der Waals surface area contributed by atoms with Crippen molar-refractivity contribution in [2.24, 2.45) is 0 Å². The minimum atomic E-state index is -1.08. The number of imide groups is 1. The molecule has 1 N–H and O–H groups in total. The molecule has 1 aromatic heterocycles. The fraction of sp³-hybridized carbons (Fsp3) is 0.261. The second-order valence-corrected chi connectivity index (χ2v) is 8.27. The Hall–Kier alpha value is -2.92. The second kappa shape index (κ2) is 6.56. The van der Waals surface area contributed by atoms with Crippen molar-refractivity contribution in [3.63, 3.8) is 0 Å². The lowest BCUT2D eigenvalue weighted by Gasteiger charge is -2.23. The highest BCUT2D eigenvalue weighted by molar-refractivity contribution is 6.30. The summed E-state index contributed by atoms with van der Waals surface area (Å²) in [6, 6.07) is 15.2. The zero-order chi connectivity index (χ0) is 20.2. The van der Waals surface area contributed by atoms with E-state index in [0.717, 1.165) is 35.7 Å². The van der Waals surface area contributed by atoms with E-state index in [1.54, 1.807) is 6.92 Å². The molecule has 1 unspecified atom stereocenters. The molecule has 1 atom stereocenters. The summed E-state index contributed by atoms with van der Waals surface area (Å²) in [6.45, 7) is 1.85. The molecule has 3 aromatic rings. The molecule has 1 fully saturated rings. The van der Waals surface area contributed by atoms with E-state index >= 15 is 0 Å². The minimum Gasteiger partial charge on any atom is -0.319 e. The number of nitrogens with zero attached hydrogens (tertiary/aromatic N) is 2. The predicted octanol–water partition coefficient (Wildman–Crippen LogP) is 4.34. The van der Waals surface area contributed by atoms with Gasteiger partial charge in [0.2, 0.25) is 0 Å². The van der Waals surface area contributed by atoms with E-state index in [-0.39, 0.29) is 12.5 Å². The largest absolute Gasteiger partial charge is 0.325 e. The van der Waals surface area contributed by atoms with Crippen LogP contribution in [0.1, 0.15) is 35.6 Å². The maximum atomic E-state index is 13.3. The van der Waals surface area contributed by atoms with Crippen molar-refractivity contribution in [3.05, 3.63) is 75.9 Å². The van der Waals surface area contributed by atoms with Crippen molar-refractivity contribution in [3.8, 4) is 0 Å². The molecule has 0 bridgehead atoms. The summed E-state index contributed by atoms with van der Waals surface area (Å²) in [6.07, 6.45) is 3.23. The summed E-state index contributed by atoms with van der Waals surface area (Å²) in [5, 5.41) is 4.11. The summed E-state index contributed by atoms with van der Waals surface area (Å²) < 4.78 is 0. The maximum absolute atomic E-state index is 13.3. The highest BCUT2D eigenvalue weighted by Crippen LogP contribution is 2.34. The molecule has 6 heteroatoms. The average Bonchev–Trinajstić information content (AvgIpc) is 3.26. The van der Waals surface area contributed by atoms with Gasteiger partial charge in [0.15, 0.2) is 0 Å². The molecular weight excluding hydrogens is 386 g/mol. The van der Waals surface area contributed by atoms with E-state index in [1.165, 1.54) is 16.0 Å². The van der Waals surface area contributed by atoms with Gasteiger partial charge in [-0.25, -0.2) is 9.78 Å². The molecular formula is C23H20ClN3O2. The molecule has 0 spiro atoms. The summed E-state index contributed by atoms with van der Waals surface area (Å²) in [7, 11) is 0. The van der Waals surface area contributed by atoms with Crippen LogP contribution in [0.25, 0.3) is 10.9 Å². The van der Waals surface area contributed by atoms with Gasteiger partial charge in [-0.2, -0.15) is 0 Å². The SMILES string of the molecule is CC1(c2ccc3c(c2)CCC3)NC(=O)N(Cc2cc3ccccc3nc2Cl)C1=O. The number of hydrogen-bond acceptors (Lipinski definition) is 3. The van der Waals surface area contributed by atoms with Crippen molar-refractivity contribution >= 4 is 34.4 Å². The molecule has 29 heavy (non-hydrogen) atoms. The normalized spacial score (nSPS) is 21.0. The number of halogens is 1. The first kappa shape index (κ1) is 18.1. The van der Waals surface area contributed by atoms with Crippen LogP contribution in [0.4, 0.5) is 4.79 Å². The maximum Gasteiger partial charge on any atom is 0.325 e. The molecule has 5 nitrogen and oxygen atoms in total. The van der Waals surface area contributed by atoms with Crippen LogP contribution in [0.5, 0.6) is 0 Å². The summed E-state index contributed by atoms with van der Waals surface area (Å²) in [5.41, 5.74) is 3.77. The number of amides is 3. The number of nitrogens with one attached hydrogen (secondary N) is 1. The number of aryl methyl sites for hydroxylation is 2. The summed E-state index contributed by atoms with van der Waals surface area (Å²) in [5.74, 6) is -0.273. The van der Waals surface area contributed by atoms with Gasteiger partial charge in [0, 0.05) is 10.9 Å². The lowest BCUT2D eigenvalue weighted by molar-refractivity contribution is -0.131. The van der Waals surface area contributed by atoms with Crippen molar-refractivity contribution in [2.45, 2.75) is 38.3 Å². The van der Waals surface area contributed by atoms with Crippen molar-refractivity contribution < 1.29 is 9.59 Å². The number of pyridine rings is 1. The fourth-order valence-corrected chi connectivity index (χ4v) is 4.54. The van der Waals surface area contributed by atoms with Gasteiger partial charge in [0.05, 0.1) is 12.1 Å². The third-order valence-electron chi connectivity index (χ3n) is 6.03. The van der Waals surface area contributed by atoms with E-state index in [2.05, 4.69) is 22.4 Å². The second-order valence-electron chi connectivity index (χ2n) is 7.91. The molecule has 2 aromatic carbocycles. The standard InChI is InChI=1S/C23H20ClN3O2/c1-23(18-10-9-14-6-4-7-15(14)12-18)21(28)27(22(29)26-23)13-17-11-16-5-2-3-8-19(16)25-20(17)24/h2-3,5,8-12H,4,6-7,13H2,1H3,(H,26,29). The number of para-hydroxylation sites is 1. The number of fused-ring (bicyclic) bond motifs is 2. The Labute approximate surface area is 173 Å². The smallest absolute Gasteiger partial charge is 0.319 e. The van der Waals surface area contributed by atoms with E-state index in [1.807, 2.05) is 36.4 Å². The van der Waals surface area contributed by atoms with Gasteiger partial charge in [-0.05, 0) is 55.0 Å². The van der Waals surface area contributed by atoms with Crippen molar-refractivity contribution in [1.29, 1.82) is 0 Å². The predicted molar refractivity (Wildman–Crippen MR) is 112 cm³/mol. The third kappa shape index (κ3) is 2.88. The van der Waals surface area contributed by atoms with Gasteiger partial charge in [-0.15, -0.1) is 0 Å². The van der Waals surface area contributed by atoms with E-state index in [4.69, 9.17) is 11.6 Å². The molecule has 1 saturated heterocycles. The van der Waals surface area contributed by atoms with Gasteiger partial charge < -0.3 is 5.32 Å². The van der Waals surface area contributed by atoms with Crippen molar-refractivity contribution in [1.82, 2.24) is 15.2 Å². The number of benzene rings is 2. The third-order valence-corrected chi connectivity index (χ3v) is 6.36. The van der Waals surface area contributed by atoms with Gasteiger partial charge in [0.25, 0.3) is 5.91 Å². The highest BCUT2D eigenvalue weighted by atomic mass is 35.5. The molecule has 2 heterocycles. The number of hydrogen-bond donors (Lipinski definition) is 1. The number of aromatic nitrogens is 1. The Kier molecular flexibility index (Phi) is 4.10. The highest BCUT2D eigenvalue weighted by Gasteiger charge is 2.49. The zero-order valence-electron chi connectivity index (χ0n) is 16.0. The first-order valence-electron chi connectivity index (χ1n) is 9.76. The minimum absolute atomic E-state index is 0.0852. The molecule has 3 amide bonds. The quantitative estimate of drug-likeness (QED) is 0.520. The van der Waals surface area contributed by atoms with Crippen LogP contribution < -0.4 is 5.32 Å². The van der Waals surface area contributed by atoms with Crippen LogP contribution in [0.2, 0.25) is 5.15 Å². The summed E-state index contributed by atoms with van der Waals surface area (Å²) in [4.78, 5) is 31.6. The lowest BCUT2D eigenvalue weighted by atomic mass is 9.89. The topological polar surface area (TPSA) is 62.3 Å². The van der Waals surface area contributed by atoms with Gasteiger partial charge in [-0.3, -0.25) is 9.69 Å². The Morgan fingerprint density at radius 3 is 2.76 bits per heavy atom. The zero-order valence-corrected chi connectivity index (χ0v) is 16.8. The van der Waals surface area contributed by atoms with Crippen LogP contribution in [-0.4, -0.2) is 21.8 Å². The Balaban J connectivity index is 1.47. The molecule has 2 aliphatic rings. The molecule has 0 radical (unpaired) electrons. The van der Waals surface area contributed by atoms with Gasteiger partial charge in [0.1, 0.15) is 10.7 Å². The lowest BCUT2D eigenvalue weighted by Crippen LogP contribution is -2.41. The molecule has 0 saturated carbocycles. The summed E-state index contributed by atoms with van der Waals surface area (Å²) >= 11 is 6.35. The first-order valence-corrected chi connectivity index (χ1v) is 10.1. The molecule has 5 rings (SSSR count). The Morgan fingerprint density at radius 1 is 1.10 bits per heavy atom. The molecule has 1 aliphatic carbocycles. The molecule has 1 aliphatic heterocycles. The van der Waals surface area contributed by atoms with E-state index in [9.17, 15) is 9.59 Å². The average molecular weight is 406 g/mol. The Bertz CT molecular complexity index is 1180. The van der Waals surface area contributed by atoms with Gasteiger partial charge >= 0.3 is 6.03 Å². The van der Waals surface area contributed by atoms with Crippen molar-refractivity contribution in [2.75, 3.05) is 0 Å². The van der Waals surface area contributed by atoms with Crippen LogP contribution in [-0.2, 0) is 29.7 Å². The van der Waals surface area contributed by atoms with Crippen LogP contribution in [0.15, 0.2) is 48.5 Å². The van der Waals surface area contributed by atoms with E-state index in [0.29, 0.717) is 10.7 Å². The molecule has 146 valence electrons. The van der Waals surface area contributed by atoms with Crippen LogP contribution in [0, 0.1) is 0 Å². The van der Waals surface area contributed by atoms with Crippen LogP contribution in [0.3, 0.4) is 0 Å². The Morgan fingerprint density at radius 2 is 1.90 bits per heavy atom. The van der Waals surface area contributed by atoms with Crippen LogP contribution >= 0.6 is 11.6 Å². The van der Waals surface area contributed by atoms with Gasteiger partial charge in [-0.1, -0.05) is 48.0 Å². The number of carbonyl (C=O) groups is 2. The number of rotatable bonds is 3. The first-order chi connectivity index (χ1) is 14.0. The fourth-order valence-electron chi connectivity index (χ4n) is 4.34. The van der Waals surface area contributed by atoms with E-state index < -0.39 is 11.6 Å². The number of urea groups is 1.